The number of aromatic carboxylic acids is 1. The fourth-order valence-corrected chi connectivity index (χ4v) is 6.26. The van der Waals surface area contributed by atoms with Crippen molar-refractivity contribution in [3.05, 3.63) is 36.6 Å². The van der Waals surface area contributed by atoms with E-state index in [0.717, 1.165) is 27.2 Å². The molecule has 21 heavy (non-hydrogen) atoms. The lowest BCUT2D eigenvalue weighted by Crippen LogP contribution is -2.26. The molecule has 1 unspecified atom stereocenters. The topological polar surface area (TPSA) is 83.5 Å². The fraction of sp³-hybridized carbons (Fsp3) is 0.250. The standard InChI is InChI=1S/C12H12BrNO4S3/c1-6-3-4-8(19-6)7(2)14-21(17,18)10-5-9(12(15)16)20-11(10)13/h3-5,7,14H,1-2H3,(H,15,16). The maximum atomic E-state index is 12.4. The Bertz CT molecular complexity index is 778. The van der Waals surface area contributed by atoms with Crippen LogP contribution in [0.25, 0.3) is 0 Å². The Morgan fingerprint density at radius 1 is 1.38 bits per heavy atom. The van der Waals surface area contributed by atoms with Crippen molar-refractivity contribution in [3.63, 3.8) is 0 Å². The van der Waals surface area contributed by atoms with Gasteiger partial charge in [0.1, 0.15) is 9.77 Å². The maximum Gasteiger partial charge on any atom is 0.345 e. The van der Waals surface area contributed by atoms with Crippen molar-refractivity contribution in [1.82, 2.24) is 4.72 Å². The van der Waals surface area contributed by atoms with Crippen LogP contribution in [-0.4, -0.2) is 19.5 Å². The Kier molecular flexibility index (Phi) is 4.89. The summed E-state index contributed by atoms with van der Waals surface area (Å²) >= 11 is 5.50. The number of hydrogen-bond donors (Lipinski definition) is 2. The molecule has 0 amide bonds. The zero-order valence-corrected chi connectivity index (χ0v) is 15.1. The SMILES string of the molecule is Cc1ccc(C(C)NS(=O)(=O)c2cc(C(=O)O)sc2Br)s1. The Labute approximate surface area is 138 Å². The van der Waals surface area contributed by atoms with Crippen LogP contribution >= 0.6 is 38.6 Å². The first-order valence-electron chi connectivity index (χ1n) is 5.82. The molecule has 0 fully saturated rings. The third-order valence-electron chi connectivity index (χ3n) is 2.68. The molecule has 2 N–H and O–H groups in total. The van der Waals surface area contributed by atoms with Crippen molar-refractivity contribution in [2.75, 3.05) is 0 Å². The van der Waals surface area contributed by atoms with Crippen LogP contribution in [0.2, 0.25) is 0 Å². The van der Waals surface area contributed by atoms with Crippen molar-refractivity contribution >= 4 is 54.6 Å². The first-order valence-corrected chi connectivity index (χ1v) is 9.73. The highest BCUT2D eigenvalue weighted by Crippen LogP contribution is 2.33. The summed E-state index contributed by atoms with van der Waals surface area (Å²) in [4.78, 5) is 12.8. The van der Waals surface area contributed by atoms with Crippen LogP contribution in [0.5, 0.6) is 0 Å². The van der Waals surface area contributed by atoms with E-state index >= 15 is 0 Å². The number of nitrogens with one attached hydrogen (secondary N) is 1. The van der Waals surface area contributed by atoms with Crippen LogP contribution in [0.1, 0.15) is 32.4 Å². The molecule has 0 saturated heterocycles. The molecule has 0 aromatic carbocycles. The number of aryl methyl sites for hydroxylation is 1. The van der Waals surface area contributed by atoms with E-state index in [1.165, 1.54) is 11.3 Å². The molecule has 1 atom stereocenters. The number of carbonyl (C=O) groups is 1. The Morgan fingerprint density at radius 2 is 2.05 bits per heavy atom. The van der Waals surface area contributed by atoms with Gasteiger partial charge in [0.25, 0.3) is 0 Å². The predicted octanol–water partition coefficient (Wildman–Crippen LogP) is 3.62. The van der Waals surface area contributed by atoms with E-state index in [4.69, 9.17) is 5.11 Å². The van der Waals surface area contributed by atoms with Crippen LogP contribution in [0.3, 0.4) is 0 Å². The molecule has 9 heteroatoms. The van der Waals surface area contributed by atoms with Gasteiger partial charge in [-0.05, 0) is 48.0 Å². The summed E-state index contributed by atoms with van der Waals surface area (Å²) < 4.78 is 27.6. The van der Waals surface area contributed by atoms with Crippen LogP contribution in [0, 0.1) is 6.92 Å². The number of hydrogen-bond acceptors (Lipinski definition) is 5. The summed E-state index contributed by atoms with van der Waals surface area (Å²) in [5, 5.41) is 8.93. The predicted molar refractivity (Wildman–Crippen MR) is 86.8 cm³/mol. The number of rotatable bonds is 5. The molecule has 0 aliphatic heterocycles. The van der Waals surface area contributed by atoms with Gasteiger partial charge in [-0.3, -0.25) is 0 Å². The van der Waals surface area contributed by atoms with E-state index in [1.54, 1.807) is 6.92 Å². The molecule has 0 radical (unpaired) electrons. The van der Waals surface area contributed by atoms with Crippen molar-refractivity contribution in [2.24, 2.45) is 0 Å². The van der Waals surface area contributed by atoms with E-state index in [-0.39, 0.29) is 19.6 Å². The number of carboxylic acids is 1. The summed E-state index contributed by atoms with van der Waals surface area (Å²) in [6.45, 7) is 3.70. The van der Waals surface area contributed by atoms with E-state index in [2.05, 4.69) is 20.7 Å². The summed E-state index contributed by atoms with van der Waals surface area (Å²) in [5.41, 5.74) is 0. The normalized spacial score (nSPS) is 13.3. The van der Waals surface area contributed by atoms with Gasteiger partial charge in [0.2, 0.25) is 10.0 Å². The lowest BCUT2D eigenvalue weighted by Gasteiger charge is -2.12. The molecular formula is C12H12BrNO4S3. The monoisotopic (exact) mass is 409 g/mol. The third kappa shape index (κ3) is 3.72. The van der Waals surface area contributed by atoms with Gasteiger partial charge in [-0.25, -0.2) is 17.9 Å². The summed E-state index contributed by atoms with van der Waals surface area (Å²) in [6.07, 6.45) is 0. The van der Waals surface area contributed by atoms with Crippen LogP contribution in [-0.2, 0) is 10.0 Å². The first kappa shape index (κ1) is 16.6. The quantitative estimate of drug-likeness (QED) is 0.789. The number of thiophene rings is 2. The lowest BCUT2D eigenvalue weighted by molar-refractivity contribution is 0.0702. The van der Waals surface area contributed by atoms with E-state index in [1.807, 2.05) is 19.1 Å². The van der Waals surface area contributed by atoms with Gasteiger partial charge in [0.05, 0.1) is 9.83 Å². The molecule has 2 aromatic rings. The molecule has 0 aliphatic rings. The summed E-state index contributed by atoms with van der Waals surface area (Å²) in [5.74, 6) is -1.15. The minimum absolute atomic E-state index is 0.0260. The molecule has 2 heterocycles. The Hall–Kier alpha value is -0.740. The van der Waals surface area contributed by atoms with Crippen molar-refractivity contribution in [1.29, 1.82) is 0 Å². The van der Waals surface area contributed by atoms with Crippen LogP contribution < -0.4 is 4.72 Å². The molecular weight excluding hydrogens is 398 g/mol. The fourth-order valence-electron chi connectivity index (χ4n) is 1.68. The molecule has 2 aromatic heterocycles. The smallest absolute Gasteiger partial charge is 0.345 e. The van der Waals surface area contributed by atoms with Crippen molar-refractivity contribution in [2.45, 2.75) is 24.8 Å². The van der Waals surface area contributed by atoms with Gasteiger partial charge >= 0.3 is 5.97 Å². The maximum absolute atomic E-state index is 12.4. The lowest BCUT2D eigenvalue weighted by atomic mass is 10.3. The van der Waals surface area contributed by atoms with Gasteiger partial charge in [0, 0.05) is 9.75 Å². The molecule has 5 nitrogen and oxygen atoms in total. The summed E-state index contributed by atoms with van der Waals surface area (Å²) in [6, 6.07) is 4.58. The Balaban J connectivity index is 2.28. The molecule has 0 saturated carbocycles. The first-order chi connectivity index (χ1) is 9.70. The molecule has 0 aliphatic carbocycles. The molecule has 114 valence electrons. The minimum Gasteiger partial charge on any atom is -0.477 e. The zero-order valence-electron chi connectivity index (χ0n) is 11.1. The van der Waals surface area contributed by atoms with Crippen molar-refractivity contribution < 1.29 is 18.3 Å². The minimum atomic E-state index is -3.78. The van der Waals surface area contributed by atoms with Crippen LogP contribution in [0.15, 0.2) is 26.9 Å². The zero-order chi connectivity index (χ0) is 15.8. The van der Waals surface area contributed by atoms with Crippen molar-refractivity contribution in [3.8, 4) is 0 Å². The highest BCUT2D eigenvalue weighted by atomic mass is 79.9. The highest BCUT2D eigenvalue weighted by molar-refractivity contribution is 9.11. The Morgan fingerprint density at radius 3 is 2.52 bits per heavy atom. The highest BCUT2D eigenvalue weighted by Gasteiger charge is 2.25. The average Bonchev–Trinajstić information content (AvgIpc) is 2.95. The largest absolute Gasteiger partial charge is 0.477 e. The third-order valence-corrected chi connectivity index (χ3v) is 7.64. The number of sulfonamides is 1. The van der Waals surface area contributed by atoms with Gasteiger partial charge in [-0.2, -0.15) is 0 Å². The van der Waals surface area contributed by atoms with Gasteiger partial charge < -0.3 is 5.11 Å². The molecule has 2 rings (SSSR count). The molecule has 0 bridgehead atoms. The second kappa shape index (κ2) is 6.17. The van der Waals surface area contributed by atoms with Gasteiger partial charge in [0.15, 0.2) is 0 Å². The number of carboxylic acid groups (broad SMARTS) is 1. The van der Waals surface area contributed by atoms with Gasteiger partial charge in [-0.15, -0.1) is 22.7 Å². The van der Waals surface area contributed by atoms with E-state index in [9.17, 15) is 13.2 Å². The van der Waals surface area contributed by atoms with E-state index < -0.39 is 16.0 Å². The van der Waals surface area contributed by atoms with Gasteiger partial charge in [-0.1, -0.05) is 0 Å². The summed E-state index contributed by atoms with van der Waals surface area (Å²) in [7, 11) is -3.78. The number of halogens is 1. The van der Waals surface area contributed by atoms with Crippen LogP contribution in [0.4, 0.5) is 0 Å². The average molecular weight is 410 g/mol. The second-order valence-electron chi connectivity index (χ2n) is 4.35. The molecule has 0 spiro atoms. The second-order valence-corrected chi connectivity index (χ2v) is 9.72. The van der Waals surface area contributed by atoms with E-state index in [0.29, 0.717) is 0 Å².